The van der Waals surface area contributed by atoms with E-state index in [1.54, 1.807) is 5.56 Å². The lowest BCUT2D eigenvalue weighted by atomic mass is 9.95. The summed E-state index contributed by atoms with van der Waals surface area (Å²) in [6.07, 6.45) is 9.07. The van der Waals surface area contributed by atoms with Gasteiger partial charge in [-0.3, -0.25) is 0 Å². The number of hydrogen-bond acceptors (Lipinski definition) is 0. The molecule has 0 aliphatic heterocycles. The molecule has 17 heavy (non-hydrogen) atoms. The van der Waals surface area contributed by atoms with Gasteiger partial charge < -0.3 is 0 Å². The maximum atomic E-state index is 3.88. The summed E-state index contributed by atoms with van der Waals surface area (Å²) in [5, 5.41) is 0. The van der Waals surface area contributed by atoms with Crippen LogP contribution < -0.4 is 0 Å². The molecule has 0 amide bonds. The zero-order chi connectivity index (χ0) is 12.7. The van der Waals surface area contributed by atoms with Gasteiger partial charge in [-0.1, -0.05) is 51.2 Å². The van der Waals surface area contributed by atoms with E-state index in [9.17, 15) is 0 Å². The Kier molecular flexibility index (Phi) is 6.32. The normalized spacial score (nSPS) is 10.8. The molecule has 1 radical (unpaired) electrons. The van der Waals surface area contributed by atoms with Crippen molar-refractivity contribution in [2.75, 3.05) is 0 Å². The standard InChI is InChI=1S/C17H27/c1-5-6-7-8-9-10-11-17-13-12-14(2)15(3)16(17)4/h12-13H,1,5-11H2,2-4H3. The fourth-order valence-corrected chi connectivity index (χ4v) is 2.31. The minimum atomic E-state index is 1.09. The van der Waals surface area contributed by atoms with Gasteiger partial charge in [0.2, 0.25) is 0 Å². The van der Waals surface area contributed by atoms with Crippen LogP contribution in [-0.2, 0) is 6.42 Å². The van der Waals surface area contributed by atoms with Gasteiger partial charge >= 0.3 is 0 Å². The van der Waals surface area contributed by atoms with Crippen LogP contribution in [0.3, 0.4) is 0 Å². The molecule has 0 nitrogen and oxygen atoms in total. The molecule has 0 bridgehead atoms. The third-order valence-corrected chi connectivity index (χ3v) is 3.87. The summed E-state index contributed by atoms with van der Waals surface area (Å²) in [6, 6.07) is 4.58. The molecule has 0 unspecified atom stereocenters. The summed E-state index contributed by atoms with van der Waals surface area (Å²) in [5.41, 5.74) is 5.94. The Labute approximate surface area is 107 Å². The lowest BCUT2D eigenvalue weighted by Crippen LogP contribution is -1.95. The largest absolute Gasteiger partial charge is 0.0588 e. The lowest BCUT2D eigenvalue weighted by Gasteiger charge is -2.11. The van der Waals surface area contributed by atoms with Crippen molar-refractivity contribution < 1.29 is 0 Å². The van der Waals surface area contributed by atoms with Crippen LogP contribution >= 0.6 is 0 Å². The molecule has 0 saturated heterocycles. The van der Waals surface area contributed by atoms with E-state index in [2.05, 4.69) is 39.8 Å². The average molecular weight is 231 g/mol. The van der Waals surface area contributed by atoms with Crippen LogP contribution in [0.15, 0.2) is 12.1 Å². The summed E-state index contributed by atoms with van der Waals surface area (Å²) in [4.78, 5) is 0. The number of unbranched alkanes of at least 4 members (excludes halogenated alkanes) is 5. The van der Waals surface area contributed by atoms with Crippen molar-refractivity contribution in [3.63, 3.8) is 0 Å². The number of aryl methyl sites for hydroxylation is 2. The molecule has 1 rings (SSSR count). The smallest absolute Gasteiger partial charge is 0.0276 e. The van der Waals surface area contributed by atoms with Crippen LogP contribution in [0.25, 0.3) is 0 Å². The van der Waals surface area contributed by atoms with E-state index in [1.165, 1.54) is 55.2 Å². The molecular weight excluding hydrogens is 204 g/mol. The summed E-state index contributed by atoms with van der Waals surface area (Å²) in [7, 11) is 0. The molecule has 0 saturated carbocycles. The van der Waals surface area contributed by atoms with Gasteiger partial charge in [0.25, 0.3) is 0 Å². The number of benzene rings is 1. The van der Waals surface area contributed by atoms with Gasteiger partial charge in [0.05, 0.1) is 0 Å². The average Bonchev–Trinajstić information content (AvgIpc) is 2.33. The Hall–Kier alpha value is -0.780. The van der Waals surface area contributed by atoms with Crippen molar-refractivity contribution in [3.8, 4) is 0 Å². The molecule has 0 fully saturated rings. The summed E-state index contributed by atoms with van der Waals surface area (Å²) in [6.45, 7) is 10.6. The van der Waals surface area contributed by atoms with Gasteiger partial charge in [0.15, 0.2) is 0 Å². The summed E-state index contributed by atoms with van der Waals surface area (Å²) < 4.78 is 0. The van der Waals surface area contributed by atoms with Crippen molar-refractivity contribution in [1.82, 2.24) is 0 Å². The Morgan fingerprint density at radius 2 is 1.47 bits per heavy atom. The lowest BCUT2D eigenvalue weighted by molar-refractivity contribution is 0.616. The van der Waals surface area contributed by atoms with Gasteiger partial charge in [0.1, 0.15) is 0 Å². The molecule has 0 aromatic heterocycles. The van der Waals surface area contributed by atoms with Crippen molar-refractivity contribution in [1.29, 1.82) is 0 Å². The van der Waals surface area contributed by atoms with Crippen LogP contribution in [0.2, 0.25) is 0 Å². The second-order valence-corrected chi connectivity index (χ2v) is 5.16. The topological polar surface area (TPSA) is 0 Å². The van der Waals surface area contributed by atoms with E-state index < -0.39 is 0 Å². The third kappa shape index (κ3) is 4.53. The highest BCUT2D eigenvalue weighted by Crippen LogP contribution is 2.19. The highest BCUT2D eigenvalue weighted by atomic mass is 14.1. The second kappa shape index (κ2) is 7.53. The first-order chi connectivity index (χ1) is 8.16. The van der Waals surface area contributed by atoms with Crippen molar-refractivity contribution in [2.45, 2.75) is 65.7 Å². The molecule has 0 aliphatic carbocycles. The molecule has 0 aliphatic rings. The molecule has 95 valence electrons. The van der Waals surface area contributed by atoms with E-state index in [0.717, 1.165) is 6.42 Å². The predicted octanol–water partition coefficient (Wildman–Crippen LogP) is 5.33. The Balaban J connectivity index is 2.35. The van der Waals surface area contributed by atoms with Crippen LogP contribution in [0, 0.1) is 27.7 Å². The van der Waals surface area contributed by atoms with E-state index in [0.29, 0.717) is 0 Å². The highest BCUT2D eigenvalue weighted by molar-refractivity contribution is 5.38. The monoisotopic (exact) mass is 231 g/mol. The number of hydrogen-bond donors (Lipinski definition) is 0. The van der Waals surface area contributed by atoms with Crippen LogP contribution in [0.4, 0.5) is 0 Å². The zero-order valence-electron chi connectivity index (χ0n) is 11.8. The van der Waals surface area contributed by atoms with Gasteiger partial charge in [-0.25, -0.2) is 0 Å². The summed E-state index contributed by atoms with van der Waals surface area (Å²) >= 11 is 0. The minimum Gasteiger partial charge on any atom is -0.0588 e. The Morgan fingerprint density at radius 1 is 0.824 bits per heavy atom. The second-order valence-electron chi connectivity index (χ2n) is 5.16. The fraction of sp³-hybridized carbons (Fsp3) is 0.588. The molecule has 0 atom stereocenters. The van der Waals surface area contributed by atoms with E-state index in [1.807, 2.05) is 0 Å². The first kappa shape index (κ1) is 14.3. The van der Waals surface area contributed by atoms with Crippen LogP contribution in [-0.4, -0.2) is 0 Å². The van der Waals surface area contributed by atoms with Crippen LogP contribution in [0.5, 0.6) is 0 Å². The quantitative estimate of drug-likeness (QED) is 0.556. The maximum Gasteiger partial charge on any atom is -0.0276 e. The van der Waals surface area contributed by atoms with Gasteiger partial charge in [0, 0.05) is 0 Å². The minimum absolute atomic E-state index is 1.09. The van der Waals surface area contributed by atoms with E-state index in [-0.39, 0.29) is 0 Å². The van der Waals surface area contributed by atoms with Gasteiger partial charge in [-0.15, -0.1) is 0 Å². The first-order valence-corrected chi connectivity index (χ1v) is 7.01. The first-order valence-electron chi connectivity index (χ1n) is 7.01. The summed E-state index contributed by atoms with van der Waals surface area (Å²) in [5.74, 6) is 0. The third-order valence-electron chi connectivity index (χ3n) is 3.87. The van der Waals surface area contributed by atoms with Crippen molar-refractivity contribution in [2.24, 2.45) is 0 Å². The van der Waals surface area contributed by atoms with Crippen LogP contribution in [0.1, 0.15) is 60.8 Å². The molecule has 0 spiro atoms. The van der Waals surface area contributed by atoms with Crippen molar-refractivity contribution >= 4 is 0 Å². The van der Waals surface area contributed by atoms with Gasteiger partial charge in [-0.2, -0.15) is 0 Å². The zero-order valence-corrected chi connectivity index (χ0v) is 11.8. The van der Waals surface area contributed by atoms with Gasteiger partial charge in [-0.05, 0) is 55.9 Å². The SMILES string of the molecule is [CH2]CCCCCCCc1ccc(C)c(C)c1C. The van der Waals surface area contributed by atoms with E-state index >= 15 is 0 Å². The molecule has 0 N–H and O–H groups in total. The molecular formula is C17H27. The predicted molar refractivity (Wildman–Crippen MR) is 77.4 cm³/mol. The highest BCUT2D eigenvalue weighted by Gasteiger charge is 2.03. The van der Waals surface area contributed by atoms with Crippen molar-refractivity contribution in [3.05, 3.63) is 41.3 Å². The Bertz CT molecular complexity index is 336. The maximum absolute atomic E-state index is 3.88. The molecule has 1 aromatic carbocycles. The molecule has 0 heteroatoms. The Morgan fingerprint density at radius 3 is 2.18 bits per heavy atom. The molecule has 1 aromatic rings. The number of rotatable bonds is 7. The molecule has 0 heterocycles. The van der Waals surface area contributed by atoms with E-state index in [4.69, 9.17) is 0 Å². The fourth-order valence-electron chi connectivity index (χ4n) is 2.31.